The number of nitrogens with one attached hydrogen (secondary N) is 2. The Bertz CT molecular complexity index is 1290. The fraction of sp³-hybridized carbons (Fsp3) is 0.533. The lowest BCUT2D eigenvalue weighted by molar-refractivity contribution is -0.137. The minimum absolute atomic E-state index is 0.0198. The van der Waals surface area contributed by atoms with Crippen molar-refractivity contribution in [2.24, 2.45) is 0 Å². The van der Waals surface area contributed by atoms with E-state index < -0.39 is 23.2 Å². The Morgan fingerprint density at radius 2 is 1.69 bits per heavy atom. The van der Waals surface area contributed by atoms with Crippen LogP contribution in [0.2, 0.25) is 0 Å². The lowest BCUT2D eigenvalue weighted by Crippen LogP contribution is -2.46. The highest BCUT2D eigenvalue weighted by Gasteiger charge is 2.38. The highest BCUT2D eigenvalue weighted by Crippen LogP contribution is 2.36. The van der Waals surface area contributed by atoms with Crippen molar-refractivity contribution in [3.8, 4) is 0 Å². The lowest BCUT2D eigenvalue weighted by atomic mass is 9.79. The summed E-state index contributed by atoms with van der Waals surface area (Å²) in [6, 6.07) is 7.83. The van der Waals surface area contributed by atoms with E-state index in [1.54, 1.807) is 23.2 Å². The van der Waals surface area contributed by atoms with Crippen LogP contribution in [0.4, 0.5) is 13.2 Å². The number of benzene rings is 1. The molecule has 12 heteroatoms. The Labute approximate surface area is 242 Å². The van der Waals surface area contributed by atoms with Gasteiger partial charge in [0.2, 0.25) is 5.91 Å². The first kappa shape index (κ1) is 30.0. The summed E-state index contributed by atoms with van der Waals surface area (Å²) >= 11 is 0. The van der Waals surface area contributed by atoms with Crippen molar-refractivity contribution >= 4 is 17.7 Å². The van der Waals surface area contributed by atoms with Gasteiger partial charge in [-0.25, -0.2) is 0 Å². The Balaban J connectivity index is 1.05. The number of carbonyl (C=O) groups is 3. The molecule has 2 aliphatic heterocycles. The summed E-state index contributed by atoms with van der Waals surface area (Å²) in [5.41, 5.74) is -1.02. The molecule has 3 aliphatic rings. The van der Waals surface area contributed by atoms with E-state index in [4.69, 9.17) is 0 Å². The molecule has 0 spiro atoms. The predicted octanol–water partition coefficient (Wildman–Crippen LogP) is 3.09. The Morgan fingerprint density at radius 1 is 0.952 bits per heavy atom. The minimum atomic E-state index is -4.56. The standard InChI is InChI=1S/C30H36F3N5O4/c31-30(32,33)22-5-3-4-20(16-22)27(40)35-18-26(39)38-15-10-24(19-38)36-23-8-11-29(42,12-9-23)25-7-6-21(17-34-25)28(41)37-13-1-2-14-37/h3-7,16-17,23-24,36,42H,1-2,8-15,18-19H2,(H,35,40). The summed E-state index contributed by atoms with van der Waals surface area (Å²) in [6.07, 6.45) is 2.28. The van der Waals surface area contributed by atoms with Gasteiger partial charge in [-0.05, 0) is 75.3 Å². The van der Waals surface area contributed by atoms with Crippen LogP contribution in [0.3, 0.4) is 0 Å². The van der Waals surface area contributed by atoms with Crippen LogP contribution in [0.25, 0.3) is 0 Å². The zero-order chi connectivity index (χ0) is 29.9. The molecular formula is C30H36F3N5O4. The molecule has 5 rings (SSSR count). The summed E-state index contributed by atoms with van der Waals surface area (Å²) < 4.78 is 38.8. The van der Waals surface area contributed by atoms with Gasteiger partial charge in [0, 0.05) is 50.0 Å². The number of alkyl halides is 3. The molecule has 42 heavy (non-hydrogen) atoms. The molecule has 9 nitrogen and oxygen atoms in total. The van der Waals surface area contributed by atoms with Crippen molar-refractivity contribution in [3.63, 3.8) is 0 Å². The highest BCUT2D eigenvalue weighted by atomic mass is 19.4. The molecule has 226 valence electrons. The third-order valence-corrected chi connectivity index (χ3v) is 8.56. The molecule has 1 aromatic carbocycles. The van der Waals surface area contributed by atoms with E-state index in [-0.39, 0.29) is 36.0 Å². The smallest absolute Gasteiger partial charge is 0.384 e. The Hall–Kier alpha value is -3.51. The van der Waals surface area contributed by atoms with E-state index in [1.165, 1.54) is 6.07 Å². The average molecular weight is 588 g/mol. The molecule has 2 aromatic rings. The van der Waals surface area contributed by atoms with E-state index >= 15 is 0 Å². The summed E-state index contributed by atoms with van der Waals surface area (Å²) in [7, 11) is 0. The number of nitrogens with zero attached hydrogens (tertiary/aromatic N) is 3. The van der Waals surface area contributed by atoms with Gasteiger partial charge in [-0.3, -0.25) is 19.4 Å². The summed E-state index contributed by atoms with van der Waals surface area (Å²) in [6.45, 7) is 2.22. The van der Waals surface area contributed by atoms with Gasteiger partial charge >= 0.3 is 6.18 Å². The van der Waals surface area contributed by atoms with Gasteiger partial charge < -0.3 is 25.5 Å². The van der Waals surface area contributed by atoms with Crippen LogP contribution < -0.4 is 10.6 Å². The maximum atomic E-state index is 12.9. The lowest BCUT2D eigenvalue weighted by Gasteiger charge is -2.37. The van der Waals surface area contributed by atoms with E-state index in [2.05, 4.69) is 15.6 Å². The van der Waals surface area contributed by atoms with Crippen LogP contribution in [-0.4, -0.2) is 82.4 Å². The van der Waals surface area contributed by atoms with Crippen LogP contribution in [0.1, 0.15) is 76.9 Å². The number of carbonyl (C=O) groups excluding carboxylic acids is 3. The summed E-state index contributed by atoms with van der Waals surface area (Å²) in [5, 5.41) is 17.3. The highest BCUT2D eigenvalue weighted by molar-refractivity contribution is 5.96. The monoisotopic (exact) mass is 587 g/mol. The molecule has 1 atom stereocenters. The number of pyridine rings is 1. The van der Waals surface area contributed by atoms with E-state index in [1.807, 2.05) is 4.90 Å². The zero-order valence-electron chi connectivity index (χ0n) is 23.3. The topological polar surface area (TPSA) is 115 Å². The molecule has 3 heterocycles. The molecular weight excluding hydrogens is 551 g/mol. The quantitative estimate of drug-likeness (QED) is 0.459. The Kier molecular flexibility index (Phi) is 8.84. The van der Waals surface area contributed by atoms with Crippen molar-refractivity contribution < 1.29 is 32.7 Å². The summed E-state index contributed by atoms with van der Waals surface area (Å²) in [4.78, 5) is 45.5. The third-order valence-electron chi connectivity index (χ3n) is 8.56. The normalized spacial score (nSPS) is 24.6. The van der Waals surface area contributed by atoms with Crippen LogP contribution in [-0.2, 0) is 16.6 Å². The van der Waals surface area contributed by atoms with E-state index in [9.17, 15) is 32.7 Å². The number of amides is 3. The van der Waals surface area contributed by atoms with Gasteiger partial charge in [0.15, 0.2) is 0 Å². The van der Waals surface area contributed by atoms with Crippen LogP contribution in [0.15, 0.2) is 42.6 Å². The fourth-order valence-electron chi connectivity index (χ4n) is 6.08. The number of rotatable bonds is 7. The van der Waals surface area contributed by atoms with Crippen molar-refractivity contribution in [2.45, 2.75) is 68.8 Å². The van der Waals surface area contributed by atoms with Gasteiger partial charge in [0.05, 0.1) is 23.4 Å². The summed E-state index contributed by atoms with van der Waals surface area (Å²) in [5.74, 6) is -1.05. The number of halogens is 3. The molecule has 3 amide bonds. The average Bonchev–Trinajstić information content (AvgIpc) is 3.69. The molecule has 1 saturated carbocycles. The Morgan fingerprint density at radius 3 is 2.36 bits per heavy atom. The minimum Gasteiger partial charge on any atom is -0.384 e. The first-order valence-corrected chi connectivity index (χ1v) is 14.5. The zero-order valence-corrected chi connectivity index (χ0v) is 23.3. The van der Waals surface area contributed by atoms with Crippen molar-refractivity contribution in [1.29, 1.82) is 0 Å². The SMILES string of the molecule is O=C(NCC(=O)N1CCC(NC2CCC(O)(c3ccc(C(=O)N4CCCC4)cn3)CC2)C1)c1cccc(C(F)(F)F)c1. The second-order valence-corrected chi connectivity index (χ2v) is 11.5. The molecule has 3 N–H and O–H groups in total. The van der Waals surface area contributed by atoms with E-state index in [0.29, 0.717) is 37.2 Å². The van der Waals surface area contributed by atoms with Crippen LogP contribution >= 0.6 is 0 Å². The van der Waals surface area contributed by atoms with E-state index in [0.717, 1.165) is 63.4 Å². The third kappa shape index (κ3) is 6.92. The molecule has 1 aliphatic carbocycles. The largest absolute Gasteiger partial charge is 0.416 e. The van der Waals surface area contributed by atoms with Crippen LogP contribution in [0.5, 0.6) is 0 Å². The number of aliphatic hydroxyl groups is 1. The fourth-order valence-corrected chi connectivity index (χ4v) is 6.08. The second kappa shape index (κ2) is 12.4. The molecule has 3 fully saturated rings. The maximum Gasteiger partial charge on any atom is 0.416 e. The van der Waals surface area contributed by atoms with Crippen LogP contribution in [0, 0.1) is 0 Å². The van der Waals surface area contributed by atoms with Gasteiger partial charge in [-0.2, -0.15) is 13.2 Å². The molecule has 1 unspecified atom stereocenters. The molecule has 0 bridgehead atoms. The number of hydrogen-bond donors (Lipinski definition) is 3. The number of likely N-dealkylation sites (tertiary alicyclic amines) is 2. The number of hydrogen-bond acceptors (Lipinski definition) is 6. The molecule has 1 aromatic heterocycles. The van der Waals surface area contributed by atoms with Gasteiger partial charge in [0.25, 0.3) is 11.8 Å². The molecule has 0 radical (unpaired) electrons. The number of aromatic nitrogens is 1. The maximum absolute atomic E-state index is 12.9. The predicted molar refractivity (Wildman–Crippen MR) is 147 cm³/mol. The van der Waals surface area contributed by atoms with Gasteiger partial charge in [-0.15, -0.1) is 0 Å². The first-order valence-electron chi connectivity index (χ1n) is 14.5. The molecule has 2 saturated heterocycles. The van der Waals surface area contributed by atoms with Gasteiger partial charge in [0.1, 0.15) is 5.60 Å². The van der Waals surface area contributed by atoms with Crippen molar-refractivity contribution in [2.75, 3.05) is 32.7 Å². The van der Waals surface area contributed by atoms with Crippen molar-refractivity contribution in [1.82, 2.24) is 25.4 Å². The van der Waals surface area contributed by atoms with Crippen molar-refractivity contribution in [3.05, 3.63) is 65.0 Å². The van der Waals surface area contributed by atoms with Gasteiger partial charge in [-0.1, -0.05) is 6.07 Å². The first-order chi connectivity index (χ1) is 20.0. The second-order valence-electron chi connectivity index (χ2n) is 11.5.